The summed E-state index contributed by atoms with van der Waals surface area (Å²) in [5.74, 6) is 0.467. The van der Waals surface area contributed by atoms with Gasteiger partial charge in [-0.2, -0.15) is 0 Å². The number of Topliss-reactive ketones (excluding diaryl/α,β-unsaturated/α-hetero) is 1. The van der Waals surface area contributed by atoms with Crippen LogP contribution in [0.3, 0.4) is 0 Å². The fourth-order valence-electron chi connectivity index (χ4n) is 2.09. The number of rotatable bonds is 2. The highest BCUT2D eigenvalue weighted by atomic mass is 16.1. The molecule has 1 aromatic rings. The van der Waals surface area contributed by atoms with Gasteiger partial charge in [0.25, 0.3) is 0 Å². The number of carbonyl (C=O) groups is 1. The lowest BCUT2D eigenvalue weighted by atomic mass is 9.81. The molecule has 0 aliphatic heterocycles. The molecule has 0 saturated carbocycles. The van der Waals surface area contributed by atoms with Gasteiger partial charge in [0.1, 0.15) is 0 Å². The summed E-state index contributed by atoms with van der Waals surface area (Å²) < 4.78 is 0. The Kier molecular flexibility index (Phi) is 2.49. The highest BCUT2D eigenvalue weighted by Gasteiger charge is 2.25. The van der Waals surface area contributed by atoms with Crippen LogP contribution in [0.5, 0.6) is 0 Å². The van der Waals surface area contributed by atoms with E-state index < -0.39 is 0 Å². The molecular weight excluding hydrogens is 172 g/mol. The zero-order valence-electron chi connectivity index (χ0n) is 8.20. The molecule has 0 heterocycles. The van der Waals surface area contributed by atoms with E-state index in [4.69, 9.17) is 0 Å². The third kappa shape index (κ3) is 1.50. The van der Waals surface area contributed by atoms with Gasteiger partial charge in [-0.25, -0.2) is 0 Å². The zero-order valence-corrected chi connectivity index (χ0v) is 8.20. The number of fused-ring (bicyclic) bond motifs is 1. The molecule has 14 heavy (non-hydrogen) atoms. The lowest BCUT2D eigenvalue weighted by Crippen LogP contribution is -2.21. The molecule has 0 bridgehead atoms. The summed E-state index contributed by atoms with van der Waals surface area (Å²) in [4.78, 5) is 12.0. The molecule has 1 aromatic carbocycles. The van der Waals surface area contributed by atoms with Gasteiger partial charge in [0.2, 0.25) is 0 Å². The Morgan fingerprint density at radius 3 is 3.00 bits per heavy atom. The van der Waals surface area contributed by atoms with Gasteiger partial charge < -0.3 is 0 Å². The molecule has 2 rings (SSSR count). The van der Waals surface area contributed by atoms with Gasteiger partial charge in [0.05, 0.1) is 0 Å². The van der Waals surface area contributed by atoms with Crippen LogP contribution < -0.4 is 0 Å². The molecule has 0 aromatic heterocycles. The largest absolute Gasteiger partial charge is 0.294 e. The van der Waals surface area contributed by atoms with Gasteiger partial charge in [0, 0.05) is 11.5 Å². The summed E-state index contributed by atoms with van der Waals surface area (Å²) >= 11 is 0. The highest BCUT2D eigenvalue weighted by molar-refractivity contribution is 6.00. The molecule has 1 aliphatic carbocycles. The first-order valence-corrected chi connectivity index (χ1v) is 5.06. The summed E-state index contributed by atoms with van der Waals surface area (Å²) in [6, 6.07) is 7.93. The monoisotopic (exact) mass is 186 g/mol. The quantitative estimate of drug-likeness (QED) is 0.649. The van der Waals surface area contributed by atoms with Crippen LogP contribution in [0.4, 0.5) is 0 Å². The molecule has 1 aliphatic rings. The minimum atomic E-state index is 0.169. The number of allylic oxidation sites excluding steroid dienone is 1. The highest BCUT2D eigenvalue weighted by Crippen LogP contribution is 2.27. The summed E-state index contributed by atoms with van der Waals surface area (Å²) in [6.45, 7) is 3.69. The summed E-state index contributed by atoms with van der Waals surface area (Å²) in [5.41, 5.74) is 2.13. The fourth-order valence-corrected chi connectivity index (χ4v) is 2.09. The summed E-state index contributed by atoms with van der Waals surface area (Å²) in [6.07, 6.45) is 4.66. The standard InChI is InChI=1S/C13H14O/c1-2-5-11-9-8-10-6-3-4-7-12(10)13(11)14/h2-4,6-7,11H,1,5,8-9H2. The van der Waals surface area contributed by atoms with Crippen molar-refractivity contribution in [1.82, 2.24) is 0 Å². The topological polar surface area (TPSA) is 17.1 Å². The van der Waals surface area contributed by atoms with Crippen molar-refractivity contribution in [3.8, 4) is 0 Å². The van der Waals surface area contributed by atoms with Crippen LogP contribution in [0.1, 0.15) is 28.8 Å². The Labute approximate surface area is 84.5 Å². The van der Waals surface area contributed by atoms with Crippen molar-refractivity contribution in [3.05, 3.63) is 48.0 Å². The van der Waals surface area contributed by atoms with E-state index in [-0.39, 0.29) is 5.92 Å². The van der Waals surface area contributed by atoms with Crippen LogP contribution in [-0.4, -0.2) is 5.78 Å². The first-order chi connectivity index (χ1) is 6.83. The Morgan fingerprint density at radius 2 is 2.21 bits per heavy atom. The second-order valence-corrected chi connectivity index (χ2v) is 3.78. The number of aryl methyl sites for hydroxylation is 1. The van der Waals surface area contributed by atoms with E-state index in [0.29, 0.717) is 5.78 Å². The minimum Gasteiger partial charge on any atom is -0.294 e. The van der Waals surface area contributed by atoms with Crippen LogP contribution >= 0.6 is 0 Å². The molecule has 1 nitrogen and oxygen atoms in total. The van der Waals surface area contributed by atoms with Crippen molar-refractivity contribution in [2.45, 2.75) is 19.3 Å². The van der Waals surface area contributed by atoms with Crippen molar-refractivity contribution >= 4 is 5.78 Å². The molecule has 0 radical (unpaired) electrons. The molecule has 1 atom stereocenters. The number of hydrogen-bond donors (Lipinski definition) is 0. The second kappa shape index (κ2) is 3.79. The Bertz CT molecular complexity index is 365. The average molecular weight is 186 g/mol. The summed E-state index contributed by atoms with van der Waals surface area (Å²) in [5, 5.41) is 0. The van der Waals surface area contributed by atoms with Crippen molar-refractivity contribution in [1.29, 1.82) is 0 Å². The molecule has 1 heteroatoms. The van der Waals surface area contributed by atoms with Crippen molar-refractivity contribution in [3.63, 3.8) is 0 Å². The third-order valence-electron chi connectivity index (χ3n) is 2.87. The molecular formula is C13H14O. The van der Waals surface area contributed by atoms with Gasteiger partial charge in [-0.1, -0.05) is 30.3 Å². The van der Waals surface area contributed by atoms with E-state index in [9.17, 15) is 4.79 Å². The number of ketones is 1. The zero-order chi connectivity index (χ0) is 9.97. The lowest BCUT2D eigenvalue weighted by molar-refractivity contribution is 0.0903. The normalized spacial score (nSPS) is 20.3. The van der Waals surface area contributed by atoms with Gasteiger partial charge in [-0.3, -0.25) is 4.79 Å². The van der Waals surface area contributed by atoms with Gasteiger partial charge in [-0.15, -0.1) is 6.58 Å². The van der Waals surface area contributed by atoms with Crippen LogP contribution in [0.2, 0.25) is 0 Å². The first-order valence-electron chi connectivity index (χ1n) is 5.06. The predicted octanol–water partition coefficient (Wildman–Crippen LogP) is 3.01. The van der Waals surface area contributed by atoms with Crippen molar-refractivity contribution in [2.75, 3.05) is 0 Å². The predicted molar refractivity (Wildman–Crippen MR) is 57.4 cm³/mol. The third-order valence-corrected chi connectivity index (χ3v) is 2.87. The molecule has 0 amide bonds. The first kappa shape index (κ1) is 9.20. The van der Waals surface area contributed by atoms with Crippen LogP contribution in [-0.2, 0) is 6.42 Å². The minimum absolute atomic E-state index is 0.169. The Balaban J connectivity index is 2.31. The van der Waals surface area contributed by atoms with Gasteiger partial charge in [0.15, 0.2) is 5.78 Å². The Morgan fingerprint density at radius 1 is 1.43 bits per heavy atom. The molecule has 1 unspecified atom stereocenters. The van der Waals surface area contributed by atoms with Gasteiger partial charge >= 0.3 is 0 Å². The van der Waals surface area contributed by atoms with E-state index in [1.165, 1.54) is 5.56 Å². The van der Waals surface area contributed by atoms with E-state index in [1.807, 2.05) is 24.3 Å². The molecule has 0 fully saturated rings. The Hall–Kier alpha value is -1.37. The van der Waals surface area contributed by atoms with Gasteiger partial charge in [-0.05, 0) is 24.8 Å². The van der Waals surface area contributed by atoms with Crippen LogP contribution in [0, 0.1) is 5.92 Å². The van der Waals surface area contributed by atoms with E-state index in [2.05, 4.69) is 12.6 Å². The lowest BCUT2D eigenvalue weighted by Gasteiger charge is -2.21. The van der Waals surface area contributed by atoms with Crippen molar-refractivity contribution < 1.29 is 4.79 Å². The van der Waals surface area contributed by atoms with E-state index in [0.717, 1.165) is 24.8 Å². The fraction of sp³-hybridized carbons (Fsp3) is 0.308. The number of benzene rings is 1. The maximum absolute atomic E-state index is 12.0. The van der Waals surface area contributed by atoms with Crippen LogP contribution in [0.15, 0.2) is 36.9 Å². The summed E-state index contributed by atoms with van der Waals surface area (Å²) in [7, 11) is 0. The van der Waals surface area contributed by atoms with Crippen LogP contribution in [0.25, 0.3) is 0 Å². The molecule has 72 valence electrons. The maximum Gasteiger partial charge on any atom is 0.166 e. The SMILES string of the molecule is C=CCC1CCc2ccccc2C1=O. The number of carbonyl (C=O) groups excluding carboxylic acids is 1. The molecule has 0 spiro atoms. The smallest absolute Gasteiger partial charge is 0.166 e. The van der Waals surface area contributed by atoms with E-state index in [1.54, 1.807) is 0 Å². The second-order valence-electron chi connectivity index (χ2n) is 3.78. The van der Waals surface area contributed by atoms with Crippen molar-refractivity contribution in [2.24, 2.45) is 5.92 Å². The average Bonchev–Trinajstić information content (AvgIpc) is 2.23. The molecule has 0 saturated heterocycles. The number of hydrogen-bond acceptors (Lipinski definition) is 1. The van der Waals surface area contributed by atoms with E-state index >= 15 is 0 Å². The molecule has 0 N–H and O–H groups in total. The maximum atomic E-state index is 12.0.